The average molecular weight is 388 g/mol. The van der Waals surface area contributed by atoms with Crippen LogP contribution in [0.4, 0.5) is 5.69 Å². The lowest BCUT2D eigenvalue weighted by Gasteiger charge is -2.24. The van der Waals surface area contributed by atoms with E-state index in [1.54, 1.807) is 0 Å². The lowest BCUT2D eigenvalue weighted by molar-refractivity contribution is -0.116. The molecular weight excluding hydrogens is 350 g/mol. The zero-order valence-electron chi connectivity index (χ0n) is 17.9. The summed E-state index contributed by atoms with van der Waals surface area (Å²) in [5.41, 5.74) is 1.91. The van der Waals surface area contributed by atoms with E-state index < -0.39 is 0 Å². The van der Waals surface area contributed by atoms with E-state index in [1.165, 1.54) is 19.4 Å². The molecule has 1 saturated heterocycles. The van der Waals surface area contributed by atoms with Gasteiger partial charge in [-0.05, 0) is 56.5 Å². The number of rotatable bonds is 9. The summed E-state index contributed by atoms with van der Waals surface area (Å²) in [4.78, 5) is 19.2. The SMILES string of the molecule is CCNC(=NCc1cccc(NC(=O)CC(C)C)c1)NCC1CCCN1CC. The van der Waals surface area contributed by atoms with Gasteiger partial charge in [0.15, 0.2) is 5.96 Å². The summed E-state index contributed by atoms with van der Waals surface area (Å²) < 4.78 is 0. The lowest BCUT2D eigenvalue weighted by atomic mass is 10.1. The molecule has 0 aromatic heterocycles. The van der Waals surface area contributed by atoms with Crippen LogP contribution in [-0.2, 0) is 11.3 Å². The van der Waals surface area contributed by atoms with Gasteiger partial charge in [0, 0.05) is 31.2 Å². The summed E-state index contributed by atoms with van der Waals surface area (Å²) in [6.45, 7) is 13.0. The van der Waals surface area contributed by atoms with Crippen molar-refractivity contribution in [2.75, 3.05) is 31.5 Å². The van der Waals surface area contributed by atoms with Gasteiger partial charge in [0.05, 0.1) is 6.54 Å². The number of aliphatic imine (C=N–C) groups is 1. The van der Waals surface area contributed by atoms with Crippen LogP contribution < -0.4 is 16.0 Å². The van der Waals surface area contributed by atoms with Crippen LogP contribution >= 0.6 is 0 Å². The minimum Gasteiger partial charge on any atom is -0.357 e. The normalized spacial score (nSPS) is 17.8. The smallest absolute Gasteiger partial charge is 0.224 e. The Hall–Kier alpha value is -2.08. The fourth-order valence-corrected chi connectivity index (χ4v) is 3.60. The number of benzene rings is 1. The Bertz CT molecular complexity index is 644. The molecule has 28 heavy (non-hydrogen) atoms. The maximum absolute atomic E-state index is 12.0. The minimum absolute atomic E-state index is 0.0581. The van der Waals surface area contributed by atoms with Crippen LogP contribution in [0.25, 0.3) is 0 Å². The summed E-state index contributed by atoms with van der Waals surface area (Å²) in [5, 5.41) is 9.80. The third kappa shape index (κ3) is 7.50. The highest BCUT2D eigenvalue weighted by Crippen LogP contribution is 2.16. The summed E-state index contributed by atoms with van der Waals surface area (Å²) in [6.07, 6.45) is 3.06. The van der Waals surface area contributed by atoms with Crippen molar-refractivity contribution in [3.05, 3.63) is 29.8 Å². The van der Waals surface area contributed by atoms with E-state index in [1.807, 2.05) is 38.1 Å². The Morgan fingerprint density at radius 3 is 2.82 bits per heavy atom. The van der Waals surface area contributed by atoms with Crippen molar-refractivity contribution in [1.82, 2.24) is 15.5 Å². The van der Waals surface area contributed by atoms with Crippen LogP contribution in [0.3, 0.4) is 0 Å². The topological polar surface area (TPSA) is 68.8 Å². The number of hydrogen-bond acceptors (Lipinski definition) is 3. The van der Waals surface area contributed by atoms with Gasteiger partial charge >= 0.3 is 0 Å². The van der Waals surface area contributed by atoms with Crippen molar-refractivity contribution < 1.29 is 4.79 Å². The summed E-state index contributed by atoms with van der Waals surface area (Å²) in [7, 11) is 0. The van der Waals surface area contributed by atoms with Gasteiger partial charge in [-0.3, -0.25) is 9.69 Å². The zero-order chi connectivity index (χ0) is 20.4. The van der Waals surface area contributed by atoms with E-state index in [9.17, 15) is 4.79 Å². The first-order chi connectivity index (χ1) is 13.5. The van der Waals surface area contributed by atoms with E-state index in [0.717, 1.165) is 36.8 Å². The van der Waals surface area contributed by atoms with Crippen molar-refractivity contribution >= 4 is 17.6 Å². The first kappa shape index (κ1) is 22.2. The van der Waals surface area contributed by atoms with Crippen LogP contribution in [0.15, 0.2) is 29.3 Å². The molecule has 1 aromatic carbocycles. The third-order valence-electron chi connectivity index (χ3n) is 4.98. The highest BCUT2D eigenvalue weighted by Gasteiger charge is 2.22. The van der Waals surface area contributed by atoms with Crippen LogP contribution in [0.1, 0.15) is 52.5 Å². The molecule has 2 rings (SSSR count). The van der Waals surface area contributed by atoms with Gasteiger partial charge in [-0.2, -0.15) is 0 Å². The monoisotopic (exact) mass is 387 g/mol. The number of likely N-dealkylation sites (N-methyl/N-ethyl adjacent to an activating group) is 1. The van der Waals surface area contributed by atoms with Crippen LogP contribution in [-0.4, -0.2) is 49.0 Å². The predicted molar refractivity (Wildman–Crippen MR) is 118 cm³/mol. The molecule has 1 aliphatic rings. The molecule has 6 heteroatoms. The molecule has 0 aliphatic carbocycles. The van der Waals surface area contributed by atoms with E-state index in [4.69, 9.17) is 4.99 Å². The van der Waals surface area contributed by atoms with Gasteiger partial charge in [-0.25, -0.2) is 4.99 Å². The van der Waals surface area contributed by atoms with Gasteiger partial charge in [-0.15, -0.1) is 0 Å². The van der Waals surface area contributed by atoms with Crippen molar-refractivity contribution in [3.63, 3.8) is 0 Å². The number of anilines is 1. The quantitative estimate of drug-likeness (QED) is 0.450. The molecule has 3 N–H and O–H groups in total. The Balaban J connectivity index is 1.92. The molecule has 1 unspecified atom stereocenters. The molecule has 1 heterocycles. The molecule has 1 fully saturated rings. The molecule has 1 aliphatic heterocycles. The predicted octanol–water partition coefficient (Wildman–Crippen LogP) is 3.21. The number of carbonyl (C=O) groups is 1. The second-order valence-electron chi connectivity index (χ2n) is 7.85. The number of carbonyl (C=O) groups excluding carboxylic acids is 1. The number of hydrogen-bond donors (Lipinski definition) is 3. The highest BCUT2D eigenvalue weighted by atomic mass is 16.1. The van der Waals surface area contributed by atoms with Crippen molar-refractivity contribution in [1.29, 1.82) is 0 Å². The van der Waals surface area contributed by atoms with Crippen molar-refractivity contribution in [3.8, 4) is 0 Å². The lowest BCUT2D eigenvalue weighted by Crippen LogP contribution is -2.44. The number of amides is 1. The first-order valence-electron chi connectivity index (χ1n) is 10.7. The molecule has 1 aromatic rings. The van der Waals surface area contributed by atoms with E-state index in [2.05, 4.69) is 34.7 Å². The molecule has 156 valence electrons. The molecule has 0 saturated carbocycles. The van der Waals surface area contributed by atoms with Gasteiger partial charge < -0.3 is 16.0 Å². The summed E-state index contributed by atoms with van der Waals surface area (Å²) >= 11 is 0. The van der Waals surface area contributed by atoms with E-state index in [-0.39, 0.29) is 5.91 Å². The largest absolute Gasteiger partial charge is 0.357 e. The van der Waals surface area contributed by atoms with Crippen molar-refractivity contribution in [2.24, 2.45) is 10.9 Å². The van der Waals surface area contributed by atoms with E-state index in [0.29, 0.717) is 24.9 Å². The van der Waals surface area contributed by atoms with Crippen LogP contribution in [0.5, 0.6) is 0 Å². The van der Waals surface area contributed by atoms with Gasteiger partial charge in [-0.1, -0.05) is 32.9 Å². The molecule has 1 amide bonds. The molecular formula is C22H37N5O. The number of guanidine groups is 1. The second-order valence-corrected chi connectivity index (χ2v) is 7.85. The number of nitrogens with zero attached hydrogens (tertiary/aromatic N) is 2. The number of nitrogens with one attached hydrogen (secondary N) is 3. The standard InChI is InChI=1S/C22H37N5O/c1-5-23-22(25-16-20-11-8-12-27(20)6-2)24-15-18-9-7-10-19(14-18)26-21(28)13-17(3)4/h7,9-10,14,17,20H,5-6,8,11-13,15-16H2,1-4H3,(H,26,28)(H2,23,24,25). The molecule has 6 nitrogen and oxygen atoms in total. The molecule has 0 radical (unpaired) electrons. The fraction of sp³-hybridized carbons (Fsp3) is 0.636. The van der Waals surface area contributed by atoms with Gasteiger partial charge in [0.1, 0.15) is 0 Å². The van der Waals surface area contributed by atoms with Gasteiger partial charge in [0.25, 0.3) is 0 Å². The second kappa shape index (κ2) is 11.7. The van der Waals surface area contributed by atoms with Crippen molar-refractivity contribution in [2.45, 2.75) is 59.5 Å². The zero-order valence-corrected chi connectivity index (χ0v) is 17.9. The van der Waals surface area contributed by atoms with Crippen LogP contribution in [0, 0.1) is 5.92 Å². The van der Waals surface area contributed by atoms with Crippen LogP contribution in [0.2, 0.25) is 0 Å². The molecule has 0 spiro atoms. The summed E-state index contributed by atoms with van der Waals surface area (Å²) in [6, 6.07) is 8.53. The molecule has 1 atom stereocenters. The summed E-state index contributed by atoms with van der Waals surface area (Å²) in [5.74, 6) is 1.26. The van der Waals surface area contributed by atoms with E-state index >= 15 is 0 Å². The molecule has 0 bridgehead atoms. The number of likely N-dealkylation sites (tertiary alicyclic amines) is 1. The Morgan fingerprint density at radius 2 is 2.11 bits per heavy atom. The Labute approximate surface area is 170 Å². The maximum Gasteiger partial charge on any atom is 0.224 e. The average Bonchev–Trinajstić information content (AvgIpc) is 3.11. The Morgan fingerprint density at radius 1 is 1.29 bits per heavy atom. The third-order valence-corrected chi connectivity index (χ3v) is 4.98. The minimum atomic E-state index is 0.0581. The maximum atomic E-state index is 12.0. The fourth-order valence-electron chi connectivity index (χ4n) is 3.60. The van der Waals surface area contributed by atoms with Gasteiger partial charge in [0.2, 0.25) is 5.91 Å². The first-order valence-corrected chi connectivity index (χ1v) is 10.7. The highest BCUT2D eigenvalue weighted by molar-refractivity contribution is 5.90. The Kier molecular flexibility index (Phi) is 9.28.